The monoisotopic (exact) mass is 290 g/mol. The van der Waals surface area contributed by atoms with Crippen molar-refractivity contribution in [2.45, 2.75) is 37.5 Å². The van der Waals surface area contributed by atoms with Crippen LogP contribution in [-0.2, 0) is 10.2 Å². The van der Waals surface area contributed by atoms with Crippen LogP contribution < -0.4 is 10.6 Å². The van der Waals surface area contributed by atoms with Crippen molar-refractivity contribution in [2.75, 3.05) is 19.6 Å². The molecule has 114 valence electrons. The van der Waals surface area contributed by atoms with Crippen LogP contribution in [-0.4, -0.2) is 25.5 Å². The zero-order valence-electron chi connectivity index (χ0n) is 12.3. The van der Waals surface area contributed by atoms with Gasteiger partial charge in [0.05, 0.1) is 5.41 Å². The number of hydrogen-bond donors (Lipinski definition) is 2. The van der Waals surface area contributed by atoms with Gasteiger partial charge in [-0.25, -0.2) is 4.39 Å². The number of carbonyl (C=O) groups excluding carboxylic acids is 1. The van der Waals surface area contributed by atoms with Crippen LogP contribution in [0.1, 0.15) is 37.7 Å². The minimum atomic E-state index is -0.455. The Labute approximate surface area is 125 Å². The van der Waals surface area contributed by atoms with E-state index in [-0.39, 0.29) is 11.7 Å². The number of amides is 1. The highest BCUT2D eigenvalue weighted by Gasteiger charge is 2.41. The van der Waals surface area contributed by atoms with Gasteiger partial charge in [0, 0.05) is 25.6 Å². The first-order valence-electron chi connectivity index (χ1n) is 7.96. The molecular weight excluding hydrogens is 267 g/mol. The van der Waals surface area contributed by atoms with Gasteiger partial charge in [0.15, 0.2) is 0 Å². The average Bonchev–Trinajstić information content (AvgIpc) is 2.47. The Morgan fingerprint density at radius 2 is 1.86 bits per heavy atom. The topological polar surface area (TPSA) is 41.1 Å². The van der Waals surface area contributed by atoms with Crippen LogP contribution in [0.5, 0.6) is 0 Å². The largest absolute Gasteiger partial charge is 0.355 e. The zero-order chi connectivity index (χ0) is 14.7. The normalized spacial score (nSPS) is 21.6. The lowest BCUT2D eigenvalue weighted by atomic mass is 9.68. The maximum absolute atomic E-state index is 13.2. The molecule has 1 aromatic carbocycles. The number of carbonyl (C=O) groups is 1. The van der Waals surface area contributed by atoms with Gasteiger partial charge in [-0.05, 0) is 30.5 Å². The number of hydrogen-bond acceptors (Lipinski definition) is 2. The summed E-state index contributed by atoms with van der Waals surface area (Å²) in [6, 6.07) is 6.50. The van der Waals surface area contributed by atoms with E-state index in [9.17, 15) is 9.18 Å². The lowest BCUT2D eigenvalue weighted by molar-refractivity contribution is -0.128. The van der Waals surface area contributed by atoms with Crippen LogP contribution >= 0.6 is 0 Å². The molecule has 1 heterocycles. The third-order valence-corrected chi connectivity index (χ3v) is 4.96. The van der Waals surface area contributed by atoms with Crippen molar-refractivity contribution in [3.05, 3.63) is 35.6 Å². The molecule has 1 aliphatic carbocycles. The second-order valence-electron chi connectivity index (χ2n) is 6.38. The highest BCUT2D eigenvalue weighted by molar-refractivity contribution is 5.88. The van der Waals surface area contributed by atoms with E-state index in [2.05, 4.69) is 10.6 Å². The summed E-state index contributed by atoms with van der Waals surface area (Å²) < 4.78 is 13.2. The summed E-state index contributed by atoms with van der Waals surface area (Å²) in [6.45, 7) is 2.72. The quantitative estimate of drug-likeness (QED) is 0.894. The van der Waals surface area contributed by atoms with Gasteiger partial charge < -0.3 is 10.6 Å². The predicted octanol–water partition coefficient (Wildman–Crippen LogP) is 2.36. The Morgan fingerprint density at radius 1 is 1.19 bits per heavy atom. The lowest BCUT2D eigenvalue weighted by Gasteiger charge is -2.37. The average molecular weight is 290 g/mol. The minimum absolute atomic E-state index is 0.126. The van der Waals surface area contributed by atoms with Crippen molar-refractivity contribution in [1.29, 1.82) is 0 Å². The SMILES string of the molecule is O=C(NCC1CNC1)C1(c2ccc(F)cc2)CCCCC1. The Kier molecular flexibility index (Phi) is 4.24. The van der Waals surface area contributed by atoms with Gasteiger partial charge in [-0.2, -0.15) is 0 Å². The van der Waals surface area contributed by atoms with Crippen molar-refractivity contribution < 1.29 is 9.18 Å². The smallest absolute Gasteiger partial charge is 0.230 e. The van der Waals surface area contributed by atoms with E-state index in [1.807, 2.05) is 0 Å². The van der Waals surface area contributed by atoms with Gasteiger partial charge in [-0.1, -0.05) is 31.4 Å². The molecule has 1 saturated heterocycles. The first kappa shape index (κ1) is 14.5. The summed E-state index contributed by atoms with van der Waals surface area (Å²) in [6.07, 6.45) is 5.05. The van der Waals surface area contributed by atoms with Crippen LogP contribution in [0.25, 0.3) is 0 Å². The second-order valence-corrected chi connectivity index (χ2v) is 6.38. The molecule has 1 amide bonds. The van der Waals surface area contributed by atoms with Crippen LogP contribution in [0.15, 0.2) is 24.3 Å². The van der Waals surface area contributed by atoms with Crippen molar-refractivity contribution in [3.8, 4) is 0 Å². The summed E-state index contributed by atoms with van der Waals surface area (Å²) in [4.78, 5) is 12.8. The first-order valence-corrected chi connectivity index (χ1v) is 7.96. The molecule has 0 spiro atoms. The van der Waals surface area contributed by atoms with E-state index in [0.29, 0.717) is 5.92 Å². The molecule has 1 aliphatic heterocycles. The van der Waals surface area contributed by atoms with Crippen LogP contribution in [0.2, 0.25) is 0 Å². The Morgan fingerprint density at radius 3 is 2.43 bits per heavy atom. The van der Waals surface area contributed by atoms with Crippen molar-refractivity contribution >= 4 is 5.91 Å². The van der Waals surface area contributed by atoms with E-state index in [4.69, 9.17) is 0 Å². The summed E-state index contributed by atoms with van der Waals surface area (Å²) in [5, 5.41) is 6.35. The highest BCUT2D eigenvalue weighted by atomic mass is 19.1. The van der Waals surface area contributed by atoms with Gasteiger partial charge in [0.1, 0.15) is 5.82 Å². The van der Waals surface area contributed by atoms with E-state index < -0.39 is 5.41 Å². The third kappa shape index (κ3) is 2.95. The van der Waals surface area contributed by atoms with Gasteiger partial charge in [0.2, 0.25) is 5.91 Å². The summed E-state index contributed by atoms with van der Waals surface area (Å²) in [5.74, 6) is 0.439. The number of rotatable bonds is 4. The molecule has 3 nitrogen and oxygen atoms in total. The lowest BCUT2D eigenvalue weighted by Crippen LogP contribution is -2.52. The van der Waals surface area contributed by atoms with E-state index >= 15 is 0 Å². The van der Waals surface area contributed by atoms with E-state index in [1.54, 1.807) is 12.1 Å². The molecular formula is C17H23FN2O. The fraction of sp³-hybridized carbons (Fsp3) is 0.588. The van der Waals surface area contributed by atoms with Gasteiger partial charge in [-0.15, -0.1) is 0 Å². The predicted molar refractivity (Wildman–Crippen MR) is 80.5 cm³/mol. The number of halogens is 1. The fourth-order valence-corrected chi connectivity index (χ4v) is 3.47. The van der Waals surface area contributed by atoms with Gasteiger partial charge in [-0.3, -0.25) is 4.79 Å². The van der Waals surface area contributed by atoms with Gasteiger partial charge in [0.25, 0.3) is 0 Å². The minimum Gasteiger partial charge on any atom is -0.355 e. The van der Waals surface area contributed by atoms with Crippen molar-refractivity contribution in [1.82, 2.24) is 10.6 Å². The molecule has 0 radical (unpaired) electrons. The summed E-state index contributed by atoms with van der Waals surface area (Å²) in [7, 11) is 0. The molecule has 1 saturated carbocycles. The molecule has 3 rings (SSSR count). The van der Waals surface area contributed by atoms with Crippen molar-refractivity contribution in [3.63, 3.8) is 0 Å². The van der Waals surface area contributed by atoms with Gasteiger partial charge >= 0.3 is 0 Å². The second kappa shape index (κ2) is 6.14. The van der Waals surface area contributed by atoms with Crippen LogP contribution in [0.4, 0.5) is 4.39 Å². The maximum Gasteiger partial charge on any atom is 0.230 e. The molecule has 1 aromatic rings. The third-order valence-electron chi connectivity index (χ3n) is 4.96. The Balaban J connectivity index is 1.78. The Bertz CT molecular complexity index is 490. The fourth-order valence-electron chi connectivity index (χ4n) is 3.47. The molecule has 4 heteroatoms. The molecule has 0 bridgehead atoms. The van der Waals surface area contributed by atoms with E-state index in [1.165, 1.54) is 18.6 Å². The molecule has 21 heavy (non-hydrogen) atoms. The molecule has 2 fully saturated rings. The zero-order valence-corrected chi connectivity index (χ0v) is 12.3. The van der Waals surface area contributed by atoms with Crippen LogP contribution in [0, 0.1) is 11.7 Å². The van der Waals surface area contributed by atoms with Crippen molar-refractivity contribution in [2.24, 2.45) is 5.92 Å². The molecule has 0 unspecified atom stereocenters. The highest BCUT2D eigenvalue weighted by Crippen LogP contribution is 2.39. The maximum atomic E-state index is 13.2. The molecule has 0 atom stereocenters. The number of benzene rings is 1. The van der Waals surface area contributed by atoms with E-state index in [0.717, 1.165) is 50.9 Å². The van der Waals surface area contributed by atoms with Crippen LogP contribution in [0.3, 0.4) is 0 Å². The molecule has 2 N–H and O–H groups in total. The summed E-state index contributed by atoms with van der Waals surface area (Å²) in [5.41, 5.74) is 0.510. The summed E-state index contributed by atoms with van der Waals surface area (Å²) >= 11 is 0. The number of nitrogens with one attached hydrogen (secondary N) is 2. The Hall–Kier alpha value is -1.42. The first-order chi connectivity index (χ1) is 10.2. The standard InChI is InChI=1S/C17H23FN2O/c18-15-6-4-14(5-7-15)17(8-2-1-3-9-17)16(21)20-12-13-10-19-11-13/h4-7,13,19H,1-3,8-12H2,(H,20,21). The molecule has 0 aromatic heterocycles. The molecule has 2 aliphatic rings.